The van der Waals surface area contributed by atoms with Gasteiger partial charge in [-0.15, -0.1) is 11.6 Å². The topological polar surface area (TPSA) is 54.5 Å². The van der Waals surface area contributed by atoms with Crippen molar-refractivity contribution in [1.29, 1.82) is 0 Å². The summed E-state index contributed by atoms with van der Waals surface area (Å²) in [5.41, 5.74) is -0.232. The van der Waals surface area contributed by atoms with Gasteiger partial charge in [-0.05, 0) is 30.6 Å². The number of carbonyl (C=O) groups excluding carboxylic acids is 1. The Morgan fingerprint density at radius 2 is 2.11 bits per heavy atom. The Balaban J connectivity index is 2.11. The van der Waals surface area contributed by atoms with Crippen LogP contribution in [0.25, 0.3) is 0 Å². The van der Waals surface area contributed by atoms with Crippen LogP contribution in [-0.2, 0) is 14.8 Å². The number of fused-ring (bicyclic) bond motifs is 1. The molecular formula is C12H18ClNO3S. The first kappa shape index (κ1) is 12.7. The summed E-state index contributed by atoms with van der Waals surface area (Å²) in [5.74, 6) is -0.0567. The van der Waals surface area contributed by atoms with Crippen molar-refractivity contribution in [3.05, 3.63) is 0 Å². The van der Waals surface area contributed by atoms with Crippen molar-refractivity contribution in [1.82, 2.24) is 4.31 Å². The molecule has 3 rings (SSSR count). The van der Waals surface area contributed by atoms with E-state index in [2.05, 4.69) is 13.8 Å². The molecule has 0 radical (unpaired) electrons. The Morgan fingerprint density at radius 1 is 1.44 bits per heavy atom. The molecule has 0 aromatic rings. The Hall–Kier alpha value is -0.290. The molecule has 2 saturated carbocycles. The number of hydrogen-bond acceptors (Lipinski definition) is 3. The van der Waals surface area contributed by atoms with Crippen molar-refractivity contribution >= 4 is 27.5 Å². The summed E-state index contributed by atoms with van der Waals surface area (Å²) in [6.07, 6.45) is 2.82. The molecule has 1 aliphatic heterocycles. The number of carbonyl (C=O) groups is 1. The molecule has 3 fully saturated rings. The maximum atomic E-state index is 12.3. The molecule has 0 aromatic carbocycles. The van der Waals surface area contributed by atoms with Crippen LogP contribution in [0.3, 0.4) is 0 Å². The van der Waals surface area contributed by atoms with Crippen LogP contribution >= 0.6 is 11.6 Å². The quantitative estimate of drug-likeness (QED) is 0.690. The Bertz CT molecular complexity index is 515. The Labute approximate surface area is 113 Å². The number of halogens is 1. The highest BCUT2D eigenvalue weighted by atomic mass is 35.5. The van der Waals surface area contributed by atoms with Crippen LogP contribution in [0.15, 0.2) is 0 Å². The molecule has 2 bridgehead atoms. The largest absolute Gasteiger partial charge is 0.272 e. The van der Waals surface area contributed by atoms with E-state index in [1.54, 1.807) is 0 Å². The number of hydrogen-bond donors (Lipinski definition) is 0. The summed E-state index contributed by atoms with van der Waals surface area (Å²) in [7, 11) is -3.47. The zero-order valence-electron chi connectivity index (χ0n) is 10.6. The molecule has 0 aromatic heterocycles. The van der Waals surface area contributed by atoms with Crippen LogP contribution in [0.2, 0.25) is 0 Å². The minimum Gasteiger partial charge on any atom is -0.272 e. The standard InChI is InChI=1S/C12H18ClNO3S/c1-11(2)8-3-4-12(11)7-18(16,17)14(9(12)5-8)10(15)6-13/h8-9H,3-7H2,1-2H3/t8-,9-,12-/m1/s1. The van der Waals surface area contributed by atoms with Crippen molar-refractivity contribution in [2.24, 2.45) is 16.7 Å². The lowest BCUT2D eigenvalue weighted by Gasteiger charge is -2.36. The molecule has 4 nitrogen and oxygen atoms in total. The summed E-state index contributed by atoms with van der Waals surface area (Å²) >= 11 is 5.56. The van der Waals surface area contributed by atoms with Crippen LogP contribution in [-0.4, -0.2) is 36.3 Å². The zero-order chi connectivity index (χ0) is 13.3. The first-order valence-electron chi connectivity index (χ1n) is 6.37. The molecule has 6 heteroatoms. The van der Waals surface area contributed by atoms with Crippen molar-refractivity contribution < 1.29 is 13.2 Å². The minimum atomic E-state index is -3.47. The second-order valence-corrected chi connectivity index (χ2v) is 8.56. The molecule has 2 aliphatic carbocycles. The van der Waals surface area contributed by atoms with Gasteiger partial charge in [0.25, 0.3) is 5.91 Å². The number of amides is 1. The van der Waals surface area contributed by atoms with E-state index in [9.17, 15) is 13.2 Å². The van der Waals surface area contributed by atoms with Crippen molar-refractivity contribution in [2.75, 3.05) is 11.6 Å². The average Bonchev–Trinajstić information content (AvgIpc) is 2.74. The van der Waals surface area contributed by atoms with Gasteiger partial charge >= 0.3 is 0 Å². The van der Waals surface area contributed by atoms with Gasteiger partial charge in [0.05, 0.1) is 11.8 Å². The highest BCUT2D eigenvalue weighted by Crippen LogP contribution is 2.69. The number of rotatable bonds is 1. The molecular weight excluding hydrogens is 274 g/mol. The summed E-state index contributed by atoms with van der Waals surface area (Å²) in [5, 5.41) is 0. The lowest BCUT2D eigenvalue weighted by Crippen LogP contribution is -2.44. The van der Waals surface area contributed by atoms with Crippen molar-refractivity contribution in [3.8, 4) is 0 Å². The fourth-order valence-corrected chi connectivity index (χ4v) is 7.43. The highest BCUT2D eigenvalue weighted by molar-refractivity contribution is 7.90. The molecule has 3 atom stereocenters. The van der Waals surface area contributed by atoms with Gasteiger partial charge in [0.15, 0.2) is 0 Å². The molecule has 102 valence electrons. The van der Waals surface area contributed by atoms with E-state index in [-0.39, 0.29) is 28.5 Å². The van der Waals surface area contributed by atoms with E-state index in [0.717, 1.165) is 23.6 Å². The van der Waals surface area contributed by atoms with E-state index < -0.39 is 15.9 Å². The third-order valence-corrected chi connectivity index (χ3v) is 7.94. The third-order valence-electron chi connectivity index (χ3n) is 5.77. The molecule has 0 N–H and O–H groups in total. The van der Waals surface area contributed by atoms with Crippen LogP contribution in [0.5, 0.6) is 0 Å². The average molecular weight is 292 g/mol. The highest BCUT2D eigenvalue weighted by Gasteiger charge is 2.72. The molecule has 1 amide bonds. The van der Waals surface area contributed by atoms with Gasteiger partial charge in [-0.2, -0.15) is 0 Å². The third kappa shape index (κ3) is 1.22. The lowest BCUT2D eigenvalue weighted by atomic mass is 9.69. The number of nitrogens with zero attached hydrogens (tertiary/aromatic N) is 1. The van der Waals surface area contributed by atoms with Crippen LogP contribution in [0.4, 0.5) is 0 Å². The molecule has 1 saturated heterocycles. The zero-order valence-corrected chi connectivity index (χ0v) is 12.2. The van der Waals surface area contributed by atoms with Crippen LogP contribution in [0, 0.1) is 16.7 Å². The lowest BCUT2D eigenvalue weighted by molar-refractivity contribution is -0.126. The summed E-state index contributed by atoms with van der Waals surface area (Å²) in [6, 6.07) is -0.150. The first-order chi connectivity index (χ1) is 8.26. The van der Waals surface area contributed by atoms with Gasteiger partial charge < -0.3 is 0 Å². The van der Waals surface area contributed by atoms with Gasteiger partial charge in [0.2, 0.25) is 10.0 Å². The van der Waals surface area contributed by atoms with Crippen molar-refractivity contribution in [3.63, 3.8) is 0 Å². The normalized spacial score (nSPS) is 43.2. The van der Waals surface area contributed by atoms with E-state index in [1.807, 2.05) is 0 Å². The van der Waals surface area contributed by atoms with Gasteiger partial charge in [0.1, 0.15) is 5.88 Å². The van der Waals surface area contributed by atoms with Crippen LogP contribution in [0.1, 0.15) is 33.1 Å². The fourth-order valence-electron chi connectivity index (χ4n) is 4.68. The smallest absolute Gasteiger partial charge is 0.251 e. The van der Waals surface area contributed by atoms with Gasteiger partial charge in [-0.3, -0.25) is 4.79 Å². The molecule has 0 unspecified atom stereocenters. The predicted octanol–water partition coefficient (Wildman–Crippen LogP) is 1.59. The van der Waals surface area contributed by atoms with Crippen LogP contribution < -0.4 is 0 Å². The van der Waals surface area contributed by atoms with E-state index in [1.165, 1.54) is 0 Å². The minimum absolute atomic E-state index is 0.00603. The van der Waals surface area contributed by atoms with E-state index >= 15 is 0 Å². The monoisotopic (exact) mass is 291 g/mol. The van der Waals surface area contributed by atoms with Gasteiger partial charge in [0, 0.05) is 5.41 Å². The molecule has 1 spiro atoms. The van der Waals surface area contributed by atoms with E-state index in [0.29, 0.717) is 5.92 Å². The molecule has 3 aliphatic rings. The Morgan fingerprint density at radius 3 is 2.67 bits per heavy atom. The molecule has 1 heterocycles. The fraction of sp³-hybridized carbons (Fsp3) is 0.917. The van der Waals surface area contributed by atoms with E-state index in [4.69, 9.17) is 11.6 Å². The summed E-state index contributed by atoms with van der Waals surface area (Å²) in [6.45, 7) is 4.32. The second-order valence-electron chi connectivity index (χ2n) is 6.44. The van der Waals surface area contributed by atoms with Crippen molar-refractivity contribution in [2.45, 2.75) is 39.2 Å². The first-order valence-corrected chi connectivity index (χ1v) is 8.51. The number of alkyl halides is 1. The summed E-state index contributed by atoms with van der Waals surface area (Å²) in [4.78, 5) is 11.9. The maximum Gasteiger partial charge on any atom is 0.251 e. The summed E-state index contributed by atoms with van der Waals surface area (Å²) < 4.78 is 25.7. The van der Waals surface area contributed by atoms with Gasteiger partial charge in [-0.25, -0.2) is 12.7 Å². The molecule has 18 heavy (non-hydrogen) atoms. The SMILES string of the molecule is CC1(C)[C@@H]2CC[C@]13CS(=O)(=O)N(C(=O)CCl)[C@@H]3C2. The predicted molar refractivity (Wildman–Crippen MR) is 68.7 cm³/mol. The second kappa shape index (κ2) is 3.42. The maximum absolute atomic E-state index is 12.3. The number of sulfonamides is 1. The Kier molecular flexibility index (Phi) is 2.42. The van der Waals surface area contributed by atoms with Gasteiger partial charge in [-0.1, -0.05) is 13.8 Å².